The summed E-state index contributed by atoms with van der Waals surface area (Å²) in [5.74, 6) is 0. The molecule has 2 nitrogen and oxygen atoms in total. The van der Waals surface area contributed by atoms with Crippen molar-refractivity contribution >= 4 is 12.4 Å². The fourth-order valence-electron chi connectivity index (χ4n) is 1.79. The van der Waals surface area contributed by atoms with Gasteiger partial charge < -0.3 is 10.4 Å². The molecule has 0 saturated carbocycles. The van der Waals surface area contributed by atoms with Crippen molar-refractivity contribution in [3.63, 3.8) is 0 Å². The Bertz CT molecular complexity index is 291. The second-order valence-corrected chi connectivity index (χ2v) is 3.82. The summed E-state index contributed by atoms with van der Waals surface area (Å²) in [5, 5.41) is 13.4. The van der Waals surface area contributed by atoms with Gasteiger partial charge in [-0.05, 0) is 25.5 Å². The molecule has 1 aliphatic heterocycles. The Kier molecular flexibility index (Phi) is 3.53. The van der Waals surface area contributed by atoms with E-state index in [0.29, 0.717) is 6.54 Å². The van der Waals surface area contributed by atoms with Gasteiger partial charge >= 0.3 is 0 Å². The molecule has 0 amide bonds. The predicted octanol–water partition coefficient (Wildman–Crippen LogP) is 1.60. The molecule has 1 saturated heterocycles. The van der Waals surface area contributed by atoms with Crippen LogP contribution >= 0.6 is 12.4 Å². The summed E-state index contributed by atoms with van der Waals surface area (Å²) < 4.78 is 0. The van der Waals surface area contributed by atoms with Gasteiger partial charge in [-0.15, -0.1) is 12.4 Å². The monoisotopic (exact) mass is 213 g/mol. The molecular weight excluding hydrogens is 198 g/mol. The lowest BCUT2D eigenvalue weighted by molar-refractivity contribution is 0.0587. The van der Waals surface area contributed by atoms with Crippen LogP contribution in [0.25, 0.3) is 0 Å². The van der Waals surface area contributed by atoms with E-state index in [-0.39, 0.29) is 12.4 Å². The first kappa shape index (κ1) is 11.5. The van der Waals surface area contributed by atoms with Crippen LogP contribution in [-0.2, 0) is 5.60 Å². The van der Waals surface area contributed by atoms with E-state index in [2.05, 4.69) is 12.2 Å². The minimum absolute atomic E-state index is 0. The third-order valence-corrected chi connectivity index (χ3v) is 2.72. The highest BCUT2D eigenvalue weighted by Gasteiger charge is 2.32. The number of rotatable bonds is 1. The fraction of sp³-hybridized carbons (Fsp3) is 0.455. The predicted molar refractivity (Wildman–Crippen MR) is 59.8 cm³/mol. The number of benzene rings is 1. The molecule has 0 radical (unpaired) electrons. The average molecular weight is 214 g/mol. The van der Waals surface area contributed by atoms with Crippen LogP contribution in [0.4, 0.5) is 0 Å². The fourth-order valence-corrected chi connectivity index (χ4v) is 1.79. The third kappa shape index (κ3) is 2.08. The summed E-state index contributed by atoms with van der Waals surface area (Å²) in [7, 11) is 0. The molecule has 0 bridgehead atoms. The van der Waals surface area contributed by atoms with Crippen molar-refractivity contribution in [2.24, 2.45) is 0 Å². The van der Waals surface area contributed by atoms with Gasteiger partial charge in [-0.1, -0.05) is 29.8 Å². The van der Waals surface area contributed by atoms with Crippen LogP contribution in [0, 0.1) is 6.92 Å². The Morgan fingerprint density at radius 2 is 1.93 bits per heavy atom. The molecule has 3 heteroatoms. The van der Waals surface area contributed by atoms with Gasteiger partial charge in [0.2, 0.25) is 0 Å². The van der Waals surface area contributed by atoms with Crippen molar-refractivity contribution in [2.75, 3.05) is 13.1 Å². The molecule has 14 heavy (non-hydrogen) atoms. The maximum atomic E-state index is 10.2. The van der Waals surface area contributed by atoms with Gasteiger partial charge in [0.25, 0.3) is 0 Å². The van der Waals surface area contributed by atoms with Crippen LogP contribution in [0.15, 0.2) is 24.3 Å². The SMILES string of the molecule is Cc1ccc(C2(O)CCNC2)cc1.Cl. The molecule has 2 N–H and O–H groups in total. The van der Waals surface area contributed by atoms with E-state index >= 15 is 0 Å². The minimum atomic E-state index is -0.631. The van der Waals surface area contributed by atoms with Crippen LogP contribution in [0.1, 0.15) is 17.5 Å². The molecule has 0 aromatic heterocycles. The summed E-state index contributed by atoms with van der Waals surface area (Å²) in [6, 6.07) is 8.13. The standard InChI is InChI=1S/C11H15NO.ClH/c1-9-2-4-10(5-3-9)11(13)6-7-12-8-11;/h2-5,12-13H,6-8H2,1H3;1H. The van der Waals surface area contributed by atoms with Crippen molar-refractivity contribution in [2.45, 2.75) is 18.9 Å². The molecule has 78 valence electrons. The van der Waals surface area contributed by atoms with Gasteiger partial charge in [-0.3, -0.25) is 0 Å². The van der Waals surface area contributed by atoms with Crippen molar-refractivity contribution in [1.82, 2.24) is 5.32 Å². The number of halogens is 1. The summed E-state index contributed by atoms with van der Waals surface area (Å²) in [6.45, 7) is 3.64. The van der Waals surface area contributed by atoms with E-state index in [0.717, 1.165) is 18.5 Å². The average Bonchev–Trinajstić information content (AvgIpc) is 2.54. The normalized spacial score (nSPS) is 25.9. The lowest BCUT2D eigenvalue weighted by Crippen LogP contribution is -2.28. The molecule has 1 aromatic rings. The number of aliphatic hydroxyl groups is 1. The molecule has 1 unspecified atom stereocenters. The summed E-state index contributed by atoms with van der Waals surface area (Å²) in [4.78, 5) is 0. The Balaban J connectivity index is 0.000000980. The molecule has 1 heterocycles. The zero-order chi connectivity index (χ0) is 9.31. The van der Waals surface area contributed by atoms with Gasteiger partial charge in [0.1, 0.15) is 5.60 Å². The topological polar surface area (TPSA) is 32.3 Å². The highest BCUT2D eigenvalue weighted by molar-refractivity contribution is 5.85. The number of β-amino-alcohol motifs (C(OH)–C–C–N with tert-alkyl or cyclic N) is 1. The first-order valence-electron chi connectivity index (χ1n) is 4.71. The Morgan fingerprint density at radius 1 is 1.29 bits per heavy atom. The highest BCUT2D eigenvalue weighted by atomic mass is 35.5. The van der Waals surface area contributed by atoms with Gasteiger partial charge in [0.05, 0.1) is 0 Å². The van der Waals surface area contributed by atoms with E-state index < -0.39 is 5.60 Å². The van der Waals surface area contributed by atoms with E-state index in [4.69, 9.17) is 0 Å². The smallest absolute Gasteiger partial charge is 0.103 e. The van der Waals surface area contributed by atoms with Crippen molar-refractivity contribution < 1.29 is 5.11 Å². The molecule has 2 rings (SSSR count). The second kappa shape index (κ2) is 4.30. The van der Waals surface area contributed by atoms with Gasteiger partial charge in [0.15, 0.2) is 0 Å². The quantitative estimate of drug-likeness (QED) is 0.743. The molecule has 1 atom stereocenters. The summed E-state index contributed by atoms with van der Waals surface area (Å²) in [5.41, 5.74) is 1.63. The summed E-state index contributed by atoms with van der Waals surface area (Å²) >= 11 is 0. The molecule has 1 aliphatic rings. The lowest BCUT2D eigenvalue weighted by Gasteiger charge is -2.21. The molecule has 0 aliphatic carbocycles. The van der Waals surface area contributed by atoms with Gasteiger partial charge in [-0.25, -0.2) is 0 Å². The first-order valence-corrected chi connectivity index (χ1v) is 4.71. The number of hydrogen-bond donors (Lipinski definition) is 2. The van der Waals surface area contributed by atoms with Gasteiger partial charge in [0, 0.05) is 6.54 Å². The van der Waals surface area contributed by atoms with Crippen molar-refractivity contribution in [3.8, 4) is 0 Å². The van der Waals surface area contributed by atoms with Gasteiger partial charge in [-0.2, -0.15) is 0 Å². The Morgan fingerprint density at radius 3 is 2.43 bits per heavy atom. The minimum Gasteiger partial charge on any atom is -0.384 e. The van der Waals surface area contributed by atoms with E-state index in [1.54, 1.807) is 0 Å². The lowest BCUT2D eigenvalue weighted by atomic mass is 9.92. The van der Waals surface area contributed by atoms with E-state index in [1.165, 1.54) is 5.56 Å². The van der Waals surface area contributed by atoms with Crippen LogP contribution in [-0.4, -0.2) is 18.2 Å². The largest absolute Gasteiger partial charge is 0.384 e. The zero-order valence-electron chi connectivity index (χ0n) is 8.29. The molecular formula is C11H16ClNO. The number of hydrogen-bond acceptors (Lipinski definition) is 2. The molecule has 0 spiro atoms. The third-order valence-electron chi connectivity index (χ3n) is 2.72. The maximum absolute atomic E-state index is 10.2. The van der Waals surface area contributed by atoms with Crippen LogP contribution in [0.5, 0.6) is 0 Å². The van der Waals surface area contributed by atoms with Crippen LogP contribution < -0.4 is 5.32 Å². The summed E-state index contributed by atoms with van der Waals surface area (Å²) in [6.07, 6.45) is 0.816. The van der Waals surface area contributed by atoms with Crippen LogP contribution in [0.3, 0.4) is 0 Å². The first-order chi connectivity index (χ1) is 6.21. The molecule has 1 aromatic carbocycles. The van der Waals surface area contributed by atoms with Crippen LogP contribution in [0.2, 0.25) is 0 Å². The number of nitrogens with one attached hydrogen (secondary N) is 1. The maximum Gasteiger partial charge on any atom is 0.103 e. The van der Waals surface area contributed by atoms with E-state index in [1.807, 2.05) is 24.3 Å². The second-order valence-electron chi connectivity index (χ2n) is 3.82. The zero-order valence-corrected chi connectivity index (χ0v) is 9.10. The Labute approximate surface area is 90.7 Å². The van der Waals surface area contributed by atoms with Crippen molar-refractivity contribution in [1.29, 1.82) is 0 Å². The van der Waals surface area contributed by atoms with Crippen molar-refractivity contribution in [3.05, 3.63) is 35.4 Å². The Hall–Kier alpha value is -0.570. The highest BCUT2D eigenvalue weighted by Crippen LogP contribution is 2.27. The molecule has 1 fully saturated rings. The number of aryl methyl sites for hydroxylation is 1. The van der Waals surface area contributed by atoms with E-state index in [9.17, 15) is 5.11 Å².